The molecule has 11 nitrogen and oxygen atoms in total. The number of oxazole rings is 3. The monoisotopic (exact) mass is 819 g/mol. The van der Waals surface area contributed by atoms with Gasteiger partial charge in [-0.05, 0) is 87.8 Å². The predicted octanol–water partition coefficient (Wildman–Crippen LogP) is 12.9. The highest BCUT2D eigenvalue weighted by Crippen LogP contribution is 2.39. The smallest absolute Gasteiger partial charge is 0.266 e. The van der Waals surface area contributed by atoms with Crippen molar-refractivity contribution in [1.82, 2.24) is 24.9 Å². The molecule has 0 aliphatic heterocycles. The topological polar surface area (TPSA) is 120 Å². The summed E-state index contributed by atoms with van der Waals surface area (Å²) < 4.78 is 25.1. The summed E-state index contributed by atoms with van der Waals surface area (Å²) in [6, 6.07) is 22.8. The average Bonchev–Trinajstić information content (AvgIpc) is 4.07. The highest BCUT2D eigenvalue weighted by Gasteiger charge is 2.32. The number of rotatable bonds is 10. The van der Waals surface area contributed by atoms with Crippen molar-refractivity contribution in [2.75, 3.05) is 16.9 Å². The first-order valence-electron chi connectivity index (χ1n) is 23.4. The van der Waals surface area contributed by atoms with Crippen molar-refractivity contribution in [3.63, 3.8) is 0 Å². The van der Waals surface area contributed by atoms with Crippen LogP contribution in [-0.2, 0) is 0 Å². The Morgan fingerprint density at radius 1 is 0.426 bits per heavy atom. The second-order valence-corrected chi connectivity index (χ2v) is 18.1. The molecule has 0 N–H and O–H groups in total. The van der Waals surface area contributed by atoms with Crippen molar-refractivity contribution in [3.05, 3.63) is 60.7 Å². The number of fused-ring (bicyclic) bond motifs is 3. The maximum Gasteiger partial charge on any atom is 0.266 e. The second-order valence-electron chi connectivity index (χ2n) is 18.1. The van der Waals surface area contributed by atoms with E-state index in [-0.39, 0.29) is 11.7 Å². The molecule has 61 heavy (non-hydrogen) atoms. The SMILES string of the molecule is COc1ccc2nc(-c3nc(-c4nc5ccc(N(C6CCCCC6)C6CCCCC6)cc5o4)cc(-c4nc5ccc(N(C6CCCCC6)C6CCCCC6)cc5o4)n3)oc2c1. The van der Waals surface area contributed by atoms with E-state index in [1.54, 1.807) is 7.11 Å². The zero-order valence-corrected chi connectivity index (χ0v) is 35.5. The van der Waals surface area contributed by atoms with Crippen LogP contribution in [0.1, 0.15) is 128 Å². The first-order chi connectivity index (χ1) is 30.1. The van der Waals surface area contributed by atoms with Crippen LogP contribution in [0.4, 0.5) is 11.4 Å². The number of anilines is 2. The molecule has 4 saturated carbocycles. The van der Waals surface area contributed by atoms with E-state index in [0.29, 0.717) is 64.2 Å². The van der Waals surface area contributed by atoms with E-state index >= 15 is 0 Å². The van der Waals surface area contributed by atoms with Crippen molar-refractivity contribution >= 4 is 44.7 Å². The van der Waals surface area contributed by atoms with E-state index in [2.05, 4.69) is 46.2 Å². The Labute approximate surface area is 357 Å². The Morgan fingerprint density at radius 2 is 0.803 bits per heavy atom. The first-order valence-corrected chi connectivity index (χ1v) is 23.4. The molecule has 316 valence electrons. The van der Waals surface area contributed by atoms with Crippen LogP contribution in [0, 0.1) is 0 Å². The number of nitrogens with zero attached hydrogens (tertiary/aromatic N) is 7. The lowest BCUT2D eigenvalue weighted by Gasteiger charge is -2.43. The van der Waals surface area contributed by atoms with Crippen LogP contribution in [0.5, 0.6) is 5.75 Å². The molecule has 4 aliphatic rings. The molecule has 0 unspecified atom stereocenters. The second kappa shape index (κ2) is 16.8. The molecule has 0 atom stereocenters. The Kier molecular flexibility index (Phi) is 10.6. The largest absolute Gasteiger partial charge is 0.497 e. The molecule has 4 heterocycles. The lowest BCUT2D eigenvalue weighted by atomic mass is 9.88. The summed E-state index contributed by atoms with van der Waals surface area (Å²) in [6.45, 7) is 0. The van der Waals surface area contributed by atoms with Gasteiger partial charge in [-0.25, -0.2) is 24.9 Å². The van der Waals surface area contributed by atoms with Crippen LogP contribution in [0.3, 0.4) is 0 Å². The van der Waals surface area contributed by atoms with Crippen LogP contribution in [0.25, 0.3) is 68.2 Å². The van der Waals surface area contributed by atoms with Crippen LogP contribution < -0.4 is 14.5 Å². The number of benzene rings is 3. The minimum Gasteiger partial charge on any atom is -0.497 e. The zero-order chi connectivity index (χ0) is 40.7. The molecule has 11 rings (SSSR count). The molecule has 4 aliphatic carbocycles. The minimum absolute atomic E-state index is 0.273. The molecule has 3 aromatic carbocycles. The summed E-state index contributed by atoms with van der Waals surface area (Å²) in [5.74, 6) is 2.03. The molecule has 11 heteroatoms. The molecule has 0 amide bonds. The fourth-order valence-electron chi connectivity index (χ4n) is 11.1. The van der Waals surface area contributed by atoms with E-state index in [1.807, 2.05) is 24.3 Å². The average molecular weight is 820 g/mol. The summed E-state index contributed by atoms with van der Waals surface area (Å²) in [5.41, 5.74) is 7.78. The van der Waals surface area contributed by atoms with Gasteiger partial charge in [0.05, 0.1) is 7.11 Å². The molecule has 7 aromatic rings. The molecule has 4 fully saturated rings. The lowest BCUT2D eigenvalue weighted by Crippen LogP contribution is -2.45. The van der Waals surface area contributed by atoms with Gasteiger partial charge in [0, 0.05) is 59.8 Å². The third-order valence-corrected chi connectivity index (χ3v) is 14.2. The maximum absolute atomic E-state index is 6.65. The van der Waals surface area contributed by atoms with Gasteiger partial charge in [0.2, 0.25) is 17.6 Å². The van der Waals surface area contributed by atoms with Crippen LogP contribution in [0.15, 0.2) is 73.9 Å². The van der Waals surface area contributed by atoms with Crippen LogP contribution in [-0.4, -0.2) is 56.2 Å². The molecule has 0 saturated heterocycles. The molecule has 0 spiro atoms. The molecular weight excluding hydrogens is 763 g/mol. The van der Waals surface area contributed by atoms with Crippen molar-refractivity contribution < 1.29 is 18.0 Å². The van der Waals surface area contributed by atoms with E-state index in [4.69, 9.17) is 42.9 Å². The quantitative estimate of drug-likeness (QED) is 0.131. The number of methoxy groups -OCH3 is 1. The van der Waals surface area contributed by atoms with Crippen LogP contribution >= 0.6 is 0 Å². The van der Waals surface area contributed by atoms with Gasteiger partial charge in [0.25, 0.3) is 5.89 Å². The fraction of sp³-hybridized carbons (Fsp3) is 0.500. The standard InChI is InChI=1S/C50H57N7O4/c1-58-38-24-27-41-46(30-38)61-50(55-41)47-51-42(48-53-39-25-22-36(28-44(39)59-48)56(32-14-6-2-7-15-32)33-16-8-3-9-17-33)31-43(52-47)49-54-40-26-23-37(29-45(40)60-49)57(34-18-10-4-11-19-34)35-20-12-5-13-21-35/h22-35H,2-21H2,1H3. The first kappa shape index (κ1) is 38.5. The zero-order valence-electron chi connectivity index (χ0n) is 35.5. The highest BCUT2D eigenvalue weighted by molar-refractivity contribution is 5.83. The number of hydrogen-bond acceptors (Lipinski definition) is 11. The summed E-state index contributed by atoms with van der Waals surface area (Å²) in [4.78, 5) is 30.3. The van der Waals surface area contributed by atoms with Gasteiger partial charge < -0.3 is 27.8 Å². The molecule has 4 aromatic heterocycles. The summed E-state index contributed by atoms with van der Waals surface area (Å²) in [7, 11) is 1.64. The van der Waals surface area contributed by atoms with E-state index in [0.717, 1.165) is 22.2 Å². The molecule has 0 bridgehead atoms. The third-order valence-electron chi connectivity index (χ3n) is 14.2. The van der Waals surface area contributed by atoms with Crippen LogP contribution in [0.2, 0.25) is 0 Å². The predicted molar refractivity (Wildman–Crippen MR) is 240 cm³/mol. The van der Waals surface area contributed by atoms with E-state index in [9.17, 15) is 0 Å². The fourth-order valence-corrected chi connectivity index (χ4v) is 11.1. The highest BCUT2D eigenvalue weighted by atomic mass is 16.5. The van der Waals surface area contributed by atoms with Crippen molar-refractivity contribution in [1.29, 1.82) is 0 Å². The van der Waals surface area contributed by atoms with E-state index in [1.165, 1.54) is 140 Å². The van der Waals surface area contributed by atoms with Crippen molar-refractivity contribution in [2.24, 2.45) is 0 Å². The van der Waals surface area contributed by atoms with Crippen molar-refractivity contribution in [2.45, 2.75) is 153 Å². The normalized spacial score (nSPS) is 19.0. The number of hydrogen-bond donors (Lipinski definition) is 0. The third kappa shape index (κ3) is 7.74. The van der Waals surface area contributed by atoms with Gasteiger partial charge in [-0.2, -0.15) is 0 Å². The van der Waals surface area contributed by atoms with Gasteiger partial charge in [0.1, 0.15) is 33.7 Å². The lowest BCUT2D eigenvalue weighted by molar-refractivity contribution is 0.340. The summed E-state index contributed by atoms with van der Waals surface area (Å²) in [5, 5.41) is 0. The summed E-state index contributed by atoms with van der Waals surface area (Å²) in [6.07, 6.45) is 25.8. The van der Waals surface area contributed by atoms with Gasteiger partial charge in [-0.15, -0.1) is 0 Å². The van der Waals surface area contributed by atoms with E-state index < -0.39 is 0 Å². The van der Waals surface area contributed by atoms with Gasteiger partial charge >= 0.3 is 0 Å². The molecular formula is C50H57N7O4. The Balaban J connectivity index is 0.986. The Hall–Kier alpha value is -5.45. The summed E-state index contributed by atoms with van der Waals surface area (Å²) >= 11 is 0. The van der Waals surface area contributed by atoms with Gasteiger partial charge in [0.15, 0.2) is 16.7 Å². The molecule has 0 radical (unpaired) electrons. The van der Waals surface area contributed by atoms with Gasteiger partial charge in [-0.3, -0.25) is 0 Å². The Bertz CT molecular complexity index is 2450. The van der Waals surface area contributed by atoms with Crippen molar-refractivity contribution in [3.8, 4) is 40.6 Å². The number of ether oxygens (including phenoxy) is 1. The number of aromatic nitrogens is 5. The Morgan fingerprint density at radius 3 is 1.23 bits per heavy atom. The van der Waals surface area contributed by atoms with Gasteiger partial charge in [-0.1, -0.05) is 77.0 Å². The minimum atomic E-state index is 0.273. The maximum atomic E-state index is 6.65.